The quantitative estimate of drug-likeness (QED) is 0.806. The Bertz CT molecular complexity index is 448. The Kier molecular flexibility index (Phi) is 5.99. The molecule has 0 amide bonds. The first-order valence-electron chi connectivity index (χ1n) is 8.77. The van der Waals surface area contributed by atoms with Gasteiger partial charge in [0.05, 0.1) is 0 Å². The van der Waals surface area contributed by atoms with Crippen LogP contribution in [-0.2, 0) is 0 Å². The summed E-state index contributed by atoms with van der Waals surface area (Å²) < 4.78 is 0. The lowest BCUT2D eigenvalue weighted by atomic mass is 9.99. The summed E-state index contributed by atoms with van der Waals surface area (Å²) in [5, 5.41) is 4.27. The first-order valence-corrected chi connectivity index (χ1v) is 9.15. The van der Waals surface area contributed by atoms with Gasteiger partial charge < -0.3 is 10.2 Å². The molecular weight excluding hydrogens is 294 g/mol. The van der Waals surface area contributed by atoms with Crippen LogP contribution >= 0.6 is 11.6 Å². The zero-order chi connectivity index (χ0) is 15.2. The number of rotatable bonds is 6. The van der Waals surface area contributed by atoms with E-state index in [4.69, 9.17) is 11.6 Å². The maximum Gasteiger partial charge on any atom is 0.0407 e. The van der Waals surface area contributed by atoms with E-state index in [0.29, 0.717) is 0 Å². The molecule has 1 atom stereocenters. The van der Waals surface area contributed by atoms with E-state index < -0.39 is 0 Å². The van der Waals surface area contributed by atoms with Crippen molar-refractivity contribution in [2.75, 3.05) is 44.6 Å². The smallest absolute Gasteiger partial charge is 0.0407 e. The van der Waals surface area contributed by atoms with Crippen molar-refractivity contribution in [2.45, 2.75) is 38.1 Å². The highest BCUT2D eigenvalue weighted by Crippen LogP contribution is 2.21. The van der Waals surface area contributed by atoms with Gasteiger partial charge in [0.15, 0.2) is 0 Å². The van der Waals surface area contributed by atoms with Gasteiger partial charge in [0, 0.05) is 42.9 Å². The summed E-state index contributed by atoms with van der Waals surface area (Å²) in [4.78, 5) is 5.39. The van der Waals surface area contributed by atoms with Crippen LogP contribution in [0.25, 0.3) is 0 Å². The highest BCUT2D eigenvalue weighted by atomic mass is 35.5. The minimum absolute atomic E-state index is 0.799. The topological polar surface area (TPSA) is 18.5 Å². The second-order valence-corrected chi connectivity index (χ2v) is 7.06. The third-order valence-electron chi connectivity index (χ3n) is 5.00. The molecule has 1 aromatic rings. The summed E-state index contributed by atoms with van der Waals surface area (Å²) in [6.07, 6.45) is 6.77. The second-order valence-electron chi connectivity index (χ2n) is 6.63. The molecule has 2 fully saturated rings. The lowest BCUT2D eigenvalue weighted by Crippen LogP contribution is -2.54. The zero-order valence-electron chi connectivity index (χ0n) is 13.4. The fourth-order valence-electron chi connectivity index (χ4n) is 3.68. The van der Waals surface area contributed by atoms with Gasteiger partial charge in [0.2, 0.25) is 0 Å². The van der Waals surface area contributed by atoms with E-state index in [1.54, 1.807) is 0 Å². The Hall–Kier alpha value is -0.770. The van der Waals surface area contributed by atoms with Crippen molar-refractivity contribution in [3.63, 3.8) is 0 Å². The van der Waals surface area contributed by atoms with Crippen LogP contribution in [-0.4, -0.2) is 55.1 Å². The van der Waals surface area contributed by atoms with Crippen LogP contribution in [0.3, 0.4) is 0 Å². The minimum atomic E-state index is 0.799. The van der Waals surface area contributed by atoms with Crippen LogP contribution in [0.2, 0.25) is 5.02 Å². The Morgan fingerprint density at radius 2 is 1.91 bits per heavy atom. The molecule has 2 saturated heterocycles. The van der Waals surface area contributed by atoms with E-state index in [-0.39, 0.29) is 0 Å². The number of fused-ring (bicyclic) bond motifs is 1. The number of piperazine rings is 1. The molecular formula is C18H28ClN3. The molecule has 1 aromatic carbocycles. The number of piperidine rings is 1. The van der Waals surface area contributed by atoms with E-state index in [1.807, 2.05) is 24.3 Å². The summed E-state index contributed by atoms with van der Waals surface area (Å²) in [6.45, 7) is 7.49. The van der Waals surface area contributed by atoms with Crippen LogP contribution < -0.4 is 5.32 Å². The van der Waals surface area contributed by atoms with Gasteiger partial charge in [0.1, 0.15) is 0 Å². The molecule has 0 radical (unpaired) electrons. The van der Waals surface area contributed by atoms with Gasteiger partial charge in [-0.05, 0) is 63.0 Å². The van der Waals surface area contributed by atoms with E-state index in [1.165, 1.54) is 70.5 Å². The van der Waals surface area contributed by atoms with Crippen molar-refractivity contribution in [1.29, 1.82) is 0 Å². The van der Waals surface area contributed by atoms with Crippen molar-refractivity contribution in [3.05, 3.63) is 29.3 Å². The normalized spacial score (nSPS) is 23.2. The van der Waals surface area contributed by atoms with Crippen molar-refractivity contribution in [2.24, 2.45) is 0 Å². The van der Waals surface area contributed by atoms with Crippen LogP contribution in [0.15, 0.2) is 24.3 Å². The largest absolute Gasteiger partial charge is 0.385 e. The average Bonchev–Trinajstić information content (AvgIpc) is 2.56. The predicted octanol–water partition coefficient (Wildman–Crippen LogP) is 3.70. The number of nitrogens with one attached hydrogen (secondary N) is 1. The van der Waals surface area contributed by atoms with Gasteiger partial charge in [0.25, 0.3) is 0 Å². The number of nitrogens with zero attached hydrogens (tertiary/aromatic N) is 2. The van der Waals surface area contributed by atoms with Gasteiger partial charge in [-0.2, -0.15) is 0 Å². The lowest BCUT2D eigenvalue weighted by molar-refractivity contribution is 0.0488. The first-order chi connectivity index (χ1) is 10.8. The Balaban J connectivity index is 1.29. The Morgan fingerprint density at radius 1 is 1.05 bits per heavy atom. The molecule has 1 N–H and O–H groups in total. The standard InChI is InChI=1S/C18H28ClN3/c19-16-6-8-17(9-7-16)20-10-2-4-11-21-13-14-22-12-3-1-5-18(22)15-21/h6-9,18,20H,1-5,10-15H2. The highest BCUT2D eigenvalue weighted by molar-refractivity contribution is 6.30. The third kappa shape index (κ3) is 4.61. The zero-order valence-corrected chi connectivity index (χ0v) is 14.2. The predicted molar refractivity (Wildman–Crippen MR) is 94.8 cm³/mol. The lowest BCUT2D eigenvalue weighted by Gasteiger charge is -2.44. The maximum atomic E-state index is 5.89. The Labute approximate surface area is 139 Å². The Morgan fingerprint density at radius 3 is 2.77 bits per heavy atom. The average molecular weight is 322 g/mol. The van der Waals surface area contributed by atoms with Crippen molar-refractivity contribution >= 4 is 17.3 Å². The fraction of sp³-hybridized carbons (Fsp3) is 0.667. The van der Waals surface area contributed by atoms with Gasteiger partial charge in [-0.3, -0.25) is 4.90 Å². The molecule has 2 aliphatic rings. The summed E-state index contributed by atoms with van der Waals surface area (Å²) in [5.41, 5.74) is 1.17. The maximum absolute atomic E-state index is 5.89. The monoisotopic (exact) mass is 321 g/mol. The molecule has 0 aromatic heterocycles. The van der Waals surface area contributed by atoms with Gasteiger partial charge >= 0.3 is 0 Å². The van der Waals surface area contributed by atoms with E-state index in [0.717, 1.165) is 17.6 Å². The first kappa shape index (κ1) is 16.1. The number of benzene rings is 1. The molecule has 1 unspecified atom stereocenters. The second kappa shape index (κ2) is 8.19. The molecule has 2 heterocycles. The molecule has 0 aliphatic carbocycles. The molecule has 3 nitrogen and oxygen atoms in total. The molecule has 2 aliphatic heterocycles. The summed E-state index contributed by atoms with van der Waals surface area (Å²) in [5.74, 6) is 0. The van der Waals surface area contributed by atoms with E-state index >= 15 is 0 Å². The van der Waals surface area contributed by atoms with Crippen LogP contribution in [0.5, 0.6) is 0 Å². The molecule has 0 spiro atoms. The van der Waals surface area contributed by atoms with Gasteiger partial charge in [-0.25, -0.2) is 0 Å². The minimum Gasteiger partial charge on any atom is -0.385 e. The van der Waals surface area contributed by atoms with Crippen LogP contribution in [0.1, 0.15) is 32.1 Å². The fourth-order valence-corrected chi connectivity index (χ4v) is 3.81. The van der Waals surface area contributed by atoms with Gasteiger partial charge in [-0.1, -0.05) is 18.0 Å². The van der Waals surface area contributed by atoms with Crippen molar-refractivity contribution in [3.8, 4) is 0 Å². The van der Waals surface area contributed by atoms with Crippen LogP contribution in [0, 0.1) is 0 Å². The number of hydrogen-bond acceptors (Lipinski definition) is 3. The van der Waals surface area contributed by atoms with E-state index in [2.05, 4.69) is 15.1 Å². The third-order valence-corrected chi connectivity index (χ3v) is 5.25. The summed E-state index contributed by atoms with van der Waals surface area (Å²) in [6, 6.07) is 8.81. The number of hydrogen-bond donors (Lipinski definition) is 1. The van der Waals surface area contributed by atoms with Crippen LogP contribution in [0.4, 0.5) is 5.69 Å². The summed E-state index contributed by atoms with van der Waals surface area (Å²) in [7, 11) is 0. The SMILES string of the molecule is Clc1ccc(NCCCCN2CCN3CCCCC3C2)cc1. The molecule has 0 saturated carbocycles. The van der Waals surface area contributed by atoms with Crippen molar-refractivity contribution in [1.82, 2.24) is 9.80 Å². The number of unbranched alkanes of at least 4 members (excludes halogenated alkanes) is 1. The number of halogens is 1. The van der Waals surface area contributed by atoms with Gasteiger partial charge in [-0.15, -0.1) is 0 Å². The molecule has 0 bridgehead atoms. The summed E-state index contributed by atoms with van der Waals surface area (Å²) >= 11 is 5.89. The van der Waals surface area contributed by atoms with Crippen molar-refractivity contribution < 1.29 is 0 Å². The molecule has 22 heavy (non-hydrogen) atoms. The highest BCUT2D eigenvalue weighted by Gasteiger charge is 2.28. The molecule has 122 valence electrons. The molecule has 3 rings (SSSR count). The number of anilines is 1. The molecule has 4 heteroatoms. The van der Waals surface area contributed by atoms with E-state index in [9.17, 15) is 0 Å².